The van der Waals surface area contributed by atoms with Gasteiger partial charge in [0.05, 0.1) is 0 Å². The van der Waals surface area contributed by atoms with Crippen LogP contribution in [-0.4, -0.2) is 25.0 Å². The molecule has 16 heavy (non-hydrogen) atoms. The second-order valence-corrected chi connectivity index (χ2v) is 5.64. The minimum Gasteiger partial charge on any atom is -0.329 e. The van der Waals surface area contributed by atoms with Gasteiger partial charge in [0.15, 0.2) is 0 Å². The van der Waals surface area contributed by atoms with Gasteiger partial charge in [-0.15, -0.1) is 0 Å². The Labute approximate surface area is 99.5 Å². The van der Waals surface area contributed by atoms with E-state index in [9.17, 15) is 0 Å². The molecule has 1 aromatic carbocycles. The highest BCUT2D eigenvalue weighted by Gasteiger charge is 2.20. The predicted octanol–water partition coefficient (Wildman–Crippen LogP) is 2.66. The Balaban J connectivity index is 2.75. The lowest BCUT2D eigenvalue weighted by atomic mass is 9.94. The largest absolute Gasteiger partial charge is 0.329 e. The van der Waals surface area contributed by atoms with Crippen molar-refractivity contribution < 1.29 is 0 Å². The van der Waals surface area contributed by atoms with Gasteiger partial charge in [-0.3, -0.25) is 4.90 Å². The van der Waals surface area contributed by atoms with Crippen molar-refractivity contribution in [3.63, 3.8) is 0 Å². The summed E-state index contributed by atoms with van der Waals surface area (Å²) < 4.78 is 0. The maximum atomic E-state index is 5.88. The van der Waals surface area contributed by atoms with E-state index in [2.05, 4.69) is 57.0 Å². The van der Waals surface area contributed by atoms with Crippen LogP contribution in [0.3, 0.4) is 0 Å². The van der Waals surface area contributed by atoms with Gasteiger partial charge in [0, 0.05) is 19.1 Å². The van der Waals surface area contributed by atoms with Gasteiger partial charge in [0.25, 0.3) is 0 Å². The molecular weight excluding hydrogens is 196 g/mol. The van der Waals surface area contributed by atoms with Gasteiger partial charge >= 0.3 is 0 Å². The highest BCUT2D eigenvalue weighted by atomic mass is 15.1. The normalized spacial score (nSPS) is 14.1. The van der Waals surface area contributed by atoms with Crippen LogP contribution in [0.25, 0.3) is 0 Å². The first-order valence-corrected chi connectivity index (χ1v) is 5.89. The second-order valence-electron chi connectivity index (χ2n) is 5.64. The number of benzene rings is 1. The summed E-state index contributed by atoms with van der Waals surface area (Å²) in [5, 5.41) is 0. The van der Waals surface area contributed by atoms with Crippen LogP contribution in [0.2, 0.25) is 0 Å². The molecule has 2 N–H and O–H groups in total. The van der Waals surface area contributed by atoms with Crippen molar-refractivity contribution in [3.05, 3.63) is 35.9 Å². The first-order chi connectivity index (χ1) is 7.44. The molecule has 0 bridgehead atoms. The molecule has 0 aromatic heterocycles. The molecule has 1 unspecified atom stereocenters. The van der Waals surface area contributed by atoms with E-state index in [4.69, 9.17) is 5.73 Å². The van der Waals surface area contributed by atoms with E-state index < -0.39 is 0 Å². The number of nitrogens with two attached hydrogens (primary N) is 1. The van der Waals surface area contributed by atoms with Crippen molar-refractivity contribution >= 4 is 0 Å². The van der Waals surface area contributed by atoms with E-state index >= 15 is 0 Å². The summed E-state index contributed by atoms with van der Waals surface area (Å²) >= 11 is 0. The molecule has 0 aliphatic heterocycles. The second kappa shape index (κ2) is 5.46. The van der Waals surface area contributed by atoms with Crippen molar-refractivity contribution in [1.82, 2.24) is 4.90 Å². The van der Waals surface area contributed by atoms with Crippen LogP contribution >= 0.6 is 0 Å². The van der Waals surface area contributed by atoms with Crippen molar-refractivity contribution in [2.45, 2.75) is 26.8 Å². The molecule has 0 amide bonds. The van der Waals surface area contributed by atoms with Gasteiger partial charge in [-0.1, -0.05) is 51.1 Å². The topological polar surface area (TPSA) is 29.3 Å². The monoisotopic (exact) mass is 220 g/mol. The summed E-state index contributed by atoms with van der Waals surface area (Å²) in [6, 6.07) is 10.8. The van der Waals surface area contributed by atoms with E-state index in [1.807, 2.05) is 6.07 Å². The summed E-state index contributed by atoms with van der Waals surface area (Å²) in [6.45, 7) is 8.46. The van der Waals surface area contributed by atoms with E-state index in [1.54, 1.807) is 0 Å². The summed E-state index contributed by atoms with van der Waals surface area (Å²) in [6.07, 6.45) is 0. The molecule has 1 aromatic rings. The third-order valence-corrected chi connectivity index (χ3v) is 2.66. The fourth-order valence-corrected chi connectivity index (χ4v) is 2.10. The van der Waals surface area contributed by atoms with E-state index in [0.29, 0.717) is 18.0 Å². The molecule has 1 atom stereocenters. The minimum absolute atomic E-state index is 0.303. The highest BCUT2D eigenvalue weighted by molar-refractivity contribution is 5.19. The summed E-state index contributed by atoms with van der Waals surface area (Å²) in [4.78, 5) is 2.34. The maximum absolute atomic E-state index is 5.88. The Kier molecular flexibility index (Phi) is 4.51. The fraction of sp³-hybridized carbons (Fsp3) is 0.571. The van der Waals surface area contributed by atoms with Crippen LogP contribution < -0.4 is 5.73 Å². The van der Waals surface area contributed by atoms with Crippen molar-refractivity contribution in [3.8, 4) is 0 Å². The Morgan fingerprint density at radius 3 is 2.19 bits per heavy atom. The molecule has 0 saturated carbocycles. The molecule has 0 spiro atoms. The van der Waals surface area contributed by atoms with Crippen LogP contribution in [0, 0.1) is 5.41 Å². The molecule has 0 aliphatic rings. The molecule has 0 aliphatic carbocycles. The molecule has 0 heterocycles. The molecule has 0 radical (unpaired) electrons. The Morgan fingerprint density at radius 2 is 1.75 bits per heavy atom. The van der Waals surface area contributed by atoms with E-state index in [0.717, 1.165) is 6.54 Å². The van der Waals surface area contributed by atoms with Crippen LogP contribution in [0.1, 0.15) is 32.4 Å². The zero-order valence-electron chi connectivity index (χ0n) is 10.9. The third kappa shape index (κ3) is 3.95. The first-order valence-electron chi connectivity index (χ1n) is 5.89. The number of rotatable bonds is 4. The van der Waals surface area contributed by atoms with Gasteiger partial charge in [0.2, 0.25) is 0 Å². The Hall–Kier alpha value is -0.860. The molecule has 0 fully saturated rings. The van der Waals surface area contributed by atoms with Crippen LogP contribution in [0.5, 0.6) is 0 Å². The summed E-state index contributed by atoms with van der Waals surface area (Å²) in [7, 11) is 2.15. The van der Waals surface area contributed by atoms with Gasteiger partial charge in [-0.05, 0) is 18.0 Å². The van der Waals surface area contributed by atoms with E-state index in [-0.39, 0.29) is 0 Å². The number of hydrogen-bond donors (Lipinski definition) is 1. The van der Waals surface area contributed by atoms with Gasteiger partial charge in [0.1, 0.15) is 0 Å². The van der Waals surface area contributed by atoms with Crippen LogP contribution in [-0.2, 0) is 0 Å². The fourth-order valence-electron chi connectivity index (χ4n) is 2.10. The predicted molar refractivity (Wildman–Crippen MR) is 70.3 cm³/mol. The van der Waals surface area contributed by atoms with Gasteiger partial charge in [-0.25, -0.2) is 0 Å². The minimum atomic E-state index is 0.303. The summed E-state index contributed by atoms with van der Waals surface area (Å²) in [5.41, 5.74) is 7.49. The van der Waals surface area contributed by atoms with Gasteiger partial charge in [-0.2, -0.15) is 0 Å². The third-order valence-electron chi connectivity index (χ3n) is 2.66. The average molecular weight is 220 g/mol. The molecule has 1 rings (SSSR count). The average Bonchev–Trinajstić information content (AvgIpc) is 2.17. The highest BCUT2D eigenvalue weighted by Crippen LogP contribution is 2.23. The van der Waals surface area contributed by atoms with Crippen molar-refractivity contribution in [1.29, 1.82) is 0 Å². The molecular formula is C14H24N2. The summed E-state index contributed by atoms with van der Waals surface area (Å²) in [5.74, 6) is 0. The van der Waals surface area contributed by atoms with Crippen molar-refractivity contribution in [2.24, 2.45) is 11.1 Å². The van der Waals surface area contributed by atoms with E-state index in [1.165, 1.54) is 5.56 Å². The standard InChI is InChI=1S/C14H24N2/c1-14(2,3)11-16(4)13(10-15)12-8-6-5-7-9-12/h5-9,13H,10-11,15H2,1-4H3. The Bertz CT molecular complexity index is 300. The molecule has 90 valence electrons. The number of likely N-dealkylation sites (N-methyl/N-ethyl adjacent to an activating group) is 1. The quantitative estimate of drug-likeness (QED) is 0.845. The molecule has 2 heteroatoms. The lowest BCUT2D eigenvalue weighted by molar-refractivity contribution is 0.176. The Morgan fingerprint density at radius 1 is 1.19 bits per heavy atom. The first kappa shape index (κ1) is 13.2. The number of nitrogens with zero attached hydrogens (tertiary/aromatic N) is 1. The maximum Gasteiger partial charge on any atom is 0.0467 e. The van der Waals surface area contributed by atoms with Crippen LogP contribution in [0.15, 0.2) is 30.3 Å². The zero-order chi connectivity index (χ0) is 12.2. The molecule has 0 saturated heterocycles. The SMILES string of the molecule is CN(CC(C)(C)C)C(CN)c1ccccc1. The lowest BCUT2D eigenvalue weighted by Crippen LogP contribution is -2.36. The smallest absolute Gasteiger partial charge is 0.0467 e. The van der Waals surface area contributed by atoms with Gasteiger partial charge < -0.3 is 5.73 Å². The van der Waals surface area contributed by atoms with Crippen molar-refractivity contribution in [2.75, 3.05) is 20.1 Å². The number of hydrogen-bond acceptors (Lipinski definition) is 2. The molecule has 2 nitrogen and oxygen atoms in total. The van der Waals surface area contributed by atoms with Crippen LogP contribution in [0.4, 0.5) is 0 Å². The lowest BCUT2D eigenvalue weighted by Gasteiger charge is -2.33. The zero-order valence-corrected chi connectivity index (χ0v) is 10.9.